The van der Waals surface area contributed by atoms with E-state index < -0.39 is 11.8 Å². The molecule has 20 heavy (non-hydrogen) atoms. The Labute approximate surface area is 115 Å². The predicted octanol–water partition coefficient (Wildman–Crippen LogP) is 3.23. The molecule has 5 heteroatoms. The molecule has 0 fully saturated rings. The average Bonchev–Trinajstić information content (AvgIpc) is 2.47. The lowest BCUT2D eigenvalue weighted by molar-refractivity contribution is 0.0601. The molecule has 0 spiro atoms. The molecule has 0 aliphatic rings. The summed E-state index contributed by atoms with van der Waals surface area (Å²) in [5.74, 6) is -1.01. The summed E-state index contributed by atoms with van der Waals surface area (Å²) in [5, 5.41) is 11.9. The number of nitrogens with zero attached hydrogens (tertiary/aromatic N) is 1. The fourth-order valence-corrected chi connectivity index (χ4v) is 1.70. The summed E-state index contributed by atoms with van der Waals surface area (Å²) in [6.07, 6.45) is 0. The number of rotatable bonds is 3. The topological polar surface area (TPSA) is 62.1 Å². The number of nitriles is 1. The van der Waals surface area contributed by atoms with Gasteiger partial charge in [-0.3, -0.25) is 0 Å². The maximum absolute atomic E-state index is 13.4. The first-order valence-electron chi connectivity index (χ1n) is 5.79. The smallest absolute Gasteiger partial charge is 0.337 e. The molecule has 0 heterocycles. The first kappa shape index (κ1) is 13.6. The average molecular weight is 270 g/mol. The van der Waals surface area contributed by atoms with Crippen LogP contribution in [-0.4, -0.2) is 13.1 Å². The third kappa shape index (κ3) is 2.75. The highest BCUT2D eigenvalue weighted by atomic mass is 19.1. The van der Waals surface area contributed by atoms with Gasteiger partial charge in [-0.2, -0.15) is 5.26 Å². The zero-order valence-corrected chi connectivity index (χ0v) is 10.7. The molecular formula is C15H11FN2O2. The number of hydrogen-bond donors (Lipinski definition) is 1. The zero-order valence-electron chi connectivity index (χ0n) is 10.7. The van der Waals surface area contributed by atoms with Gasteiger partial charge < -0.3 is 10.1 Å². The Morgan fingerprint density at radius 2 is 1.95 bits per heavy atom. The van der Waals surface area contributed by atoms with E-state index >= 15 is 0 Å². The second kappa shape index (κ2) is 5.85. The second-order valence-corrected chi connectivity index (χ2v) is 3.97. The van der Waals surface area contributed by atoms with E-state index in [4.69, 9.17) is 5.26 Å². The Balaban J connectivity index is 2.25. The zero-order chi connectivity index (χ0) is 14.5. The lowest BCUT2D eigenvalue weighted by Crippen LogP contribution is -2.01. The number of benzene rings is 2. The van der Waals surface area contributed by atoms with Crippen LogP contribution in [0.2, 0.25) is 0 Å². The van der Waals surface area contributed by atoms with Gasteiger partial charge >= 0.3 is 5.97 Å². The standard InChI is InChI=1S/C15H11FN2O2/c1-20-15(19)10-5-7-11(8-6-10)18-14-4-2-3-13(16)12(14)9-17/h2-8,18H,1H3. The van der Waals surface area contributed by atoms with Crippen molar-refractivity contribution in [1.82, 2.24) is 0 Å². The van der Waals surface area contributed by atoms with E-state index in [1.54, 1.807) is 30.3 Å². The molecule has 0 aromatic heterocycles. The Hall–Kier alpha value is -2.87. The number of carbonyl (C=O) groups excluding carboxylic acids is 1. The van der Waals surface area contributed by atoms with Gasteiger partial charge in [-0.15, -0.1) is 0 Å². The SMILES string of the molecule is COC(=O)c1ccc(Nc2cccc(F)c2C#N)cc1. The van der Waals surface area contributed by atoms with Crippen molar-refractivity contribution in [1.29, 1.82) is 5.26 Å². The van der Waals surface area contributed by atoms with Crippen molar-refractivity contribution in [2.75, 3.05) is 12.4 Å². The Kier molecular flexibility index (Phi) is 3.96. The summed E-state index contributed by atoms with van der Waals surface area (Å²) >= 11 is 0. The van der Waals surface area contributed by atoms with Gasteiger partial charge in [-0.1, -0.05) is 6.07 Å². The molecule has 100 valence electrons. The highest BCUT2D eigenvalue weighted by molar-refractivity contribution is 5.89. The molecule has 0 atom stereocenters. The van der Waals surface area contributed by atoms with Crippen LogP contribution in [0.25, 0.3) is 0 Å². The van der Waals surface area contributed by atoms with Gasteiger partial charge in [0.1, 0.15) is 17.4 Å². The molecule has 2 aromatic rings. The van der Waals surface area contributed by atoms with Crippen LogP contribution >= 0.6 is 0 Å². The van der Waals surface area contributed by atoms with E-state index in [9.17, 15) is 9.18 Å². The first-order chi connectivity index (χ1) is 9.65. The highest BCUT2D eigenvalue weighted by Gasteiger charge is 2.08. The van der Waals surface area contributed by atoms with E-state index in [1.165, 1.54) is 19.2 Å². The first-order valence-corrected chi connectivity index (χ1v) is 5.79. The molecule has 4 nitrogen and oxygen atoms in total. The van der Waals surface area contributed by atoms with Crippen LogP contribution in [0.4, 0.5) is 15.8 Å². The van der Waals surface area contributed by atoms with Gasteiger partial charge in [0.25, 0.3) is 0 Å². The molecule has 0 saturated heterocycles. The van der Waals surface area contributed by atoms with Gasteiger partial charge in [-0.25, -0.2) is 9.18 Å². The van der Waals surface area contributed by atoms with Crippen molar-refractivity contribution in [3.8, 4) is 6.07 Å². The van der Waals surface area contributed by atoms with Crippen molar-refractivity contribution in [2.45, 2.75) is 0 Å². The van der Waals surface area contributed by atoms with E-state index in [0.717, 1.165) is 0 Å². The molecule has 0 amide bonds. The number of hydrogen-bond acceptors (Lipinski definition) is 4. The number of nitrogens with one attached hydrogen (secondary N) is 1. The molecule has 0 bridgehead atoms. The number of methoxy groups -OCH3 is 1. The summed E-state index contributed by atoms with van der Waals surface area (Å²) in [5.41, 5.74) is 1.38. The van der Waals surface area contributed by atoms with Crippen molar-refractivity contribution < 1.29 is 13.9 Å². The van der Waals surface area contributed by atoms with Crippen molar-refractivity contribution >= 4 is 17.3 Å². The Morgan fingerprint density at radius 1 is 1.25 bits per heavy atom. The maximum Gasteiger partial charge on any atom is 0.337 e. The van der Waals surface area contributed by atoms with E-state index in [2.05, 4.69) is 10.1 Å². The molecule has 0 radical (unpaired) electrons. The number of esters is 1. The summed E-state index contributed by atoms with van der Waals surface area (Å²) < 4.78 is 18.0. The van der Waals surface area contributed by atoms with Crippen molar-refractivity contribution in [3.05, 3.63) is 59.4 Å². The molecule has 2 rings (SSSR count). The van der Waals surface area contributed by atoms with E-state index in [1.807, 2.05) is 6.07 Å². The van der Waals surface area contributed by atoms with Crippen molar-refractivity contribution in [2.24, 2.45) is 0 Å². The third-order valence-corrected chi connectivity index (χ3v) is 2.71. The molecule has 0 aliphatic carbocycles. The lowest BCUT2D eigenvalue weighted by Gasteiger charge is -2.09. The third-order valence-electron chi connectivity index (χ3n) is 2.71. The Bertz CT molecular complexity index is 675. The molecule has 1 N–H and O–H groups in total. The van der Waals surface area contributed by atoms with Gasteiger partial charge in [0, 0.05) is 5.69 Å². The van der Waals surface area contributed by atoms with Crippen LogP contribution in [0.5, 0.6) is 0 Å². The van der Waals surface area contributed by atoms with Crippen LogP contribution in [0.15, 0.2) is 42.5 Å². The highest BCUT2D eigenvalue weighted by Crippen LogP contribution is 2.22. The van der Waals surface area contributed by atoms with Crippen molar-refractivity contribution in [3.63, 3.8) is 0 Å². The quantitative estimate of drug-likeness (QED) is 0.870. The molecule has 0 unspecified atom stereocenters. The fraction of sp³-hybridized carbons (Fsp3) is 0.0667. The predicted molar refractivity (Wildman–Crippen MR) is 72.2 cm³/mol. The summed E-state index contributed by atoms with van der Waals surface area (Å²) in [4.78, 5) is 11.3. The fourth-order valence-electron chi connectivity index (χ4n) is 1.70. The minimum atomic E-state index is -0.580. The minimum Gasteiger partial charge on any atom is -0.465 e. The lowest BCUT2D eigenvalue weighted by atomic mass is 10.1. The number of carbonyl (C=O) groups is 1. The van der Waals surface area contributed by atoms with Crippen LogP contribution in [0, 0.1) is 17.1 Å². The normalized spacial score (nSPS) is 9.65. The van der Waals surface area contributed by atoms with Gasteiger partial charge in [-0.05, 0) is 36.4 Å². The van der Waals surface area contributed by atoms with Crippen LogP contribution in [0.3, 0.4) is 0 Å². The van der Waals surface area contributed by atoms with Gasteiger partial charge in [0.2, 0.25) is 0 Å². The second-order valence-electron chi connectivity index (χ2n) is 3.97. The summed E-state index contributed by atoms with van der Waals surface area (Å²) in [7, 11) is 1.31. The largest absolute Gasteiger partial charge is 0.465 e. The van der Waals surface area contributed by atoms with E-state index in [0.29, 0.717) is 16.9 Å². The Morgan fingerprint density at radius 3 is 2.55 bits per heavy atom. The summed E-state index contributed by atoms with van der Waals surface area (Å²) in [6.45, 7) is 0. The molecular weight excluding hydrogens is 259 g/mol. The molecule has 0 aliphatic heterocycles. The monoisotopic (exact) mass is 270 g/mol. The van der Waals surface area contributed by atoms with E-state index in [-0.39, 0.29) is 5.56 Å². The van der Waals surface area contributed by atoms with Crippen LogP contribution < -0.4 is 5.32 Å². The minimum absolute atomic E-state index is 0.0513. The molecule has 0 saturated carbocycles. The van der Waals surface area contributed by atoms with Crippen LogP contribution in [0.1, 0.15) is 15.9 Å². The number of anilines is 2. The number of halogens is 1. The summed E-state index contributed by atoms with van der Waals surface area (Å²) in [6, 6.07) is 12.6. The maximum atomic E-state index is 13.4. The number of ether oxygens (including phenoxy) is 1. The molecule has 2 aromatic carbocycles. The van der Waals surface area contributed by atoms with Gasteiger partial charge in [0.05, 0.1) is 18.4 Å². The van der Waals surface area contributed by atoms with Gasteiger partial charge in [0.15, 0.2) is 0 Å². The van der Waals surface area contributed by atoms with Crippen LogP contribution in [-0.2, 0) is 4.74 Å².